The van der Waals surface area contributed by atoms with Gasteiger partial charge in [-0.1, -0.05) is 60.1 Å². The first-order chi connectivity index (χ1) is 13.3. The van der Waals surface area contributed by atoms with Crippen LogP contribution in [0.4, 0.5) is 11.4 Å². The minimum absolute atomic E-state index is 0.719. The highest BCUT2D eigenvalue weighted by molar-refractivity contribution is 6.33. The summed E-state index contributed by atoms with van der Waals surface area (Å²) in [5.74, 6) is 0. The van der Waals surface area contributed by atoms with Crippen LogP contribution < -0.4 is 5.32 Å². The molecule has 0 unspecified atom stereocenters. The molecule has 0 spiro atoms. The van der Waals surface area contributed by atoms with Crippen LogP contribution in [0.1, 0.15) is 0 Å². The Balaban J connectivity index is 1.75. The lowest BCUT2D eigenvalue weighted by Crippen LogP contribution is -1.90. The quantitative estimate of drug-likeness (QED) is 0.342. The number of hydrogen-bond acceptors (Lipinski definition) is 1. The zero-order valence-corrected chi connectivity index (χ0v) is 15.2. The number of benzene rings is 4. The fourth-order valence-electron chi connectivity index (χ4n) is 4.24. The van der Waals surface area contributed by atoms with Gasteiger partial charge >= 0.3 is 0 Å². The first-order valence-corrected chi connectivity index (χ1v) is 9.37. The van der Waals surface area contributed by atoms with Crippen molar-refractivity contribution in [2.75, 3.05) is 5.32 Å². The van der Waals surface area contributed by atoms with E-state index in [1.165, 1.54) is 38.1 Å². The van der Waals surface area contributed by atoms with E-state index in [0.717, 1.165) is 16.4 Å². The van der Waals surface area contributed by atoms with Crippen molar-refractivity contribution in [1.29, 1.82) is 0 Å². The summed E-state index contributed by atoms with van der Waals surface area (Å²) in [7, 11) is 0. The summed E-state index contributed by atoms with van der Waals surface area (Å²) < 4.78 is 2.38. The topological polar surface area (TPSA) is 16.4 Å². The number of nitrogens with one attached hydrogen (secondary N) is 1. The Hall–Kier alpha value is -3.23. The highest BCUT2D eigenvalue weighted by Crippen LogP contribution is 2.41. The minimum atomic E-state index is 0.719. The monoisotopic (exact) mass is 366 g/mol. The van der Waals surface area contributed by atoms with Crippen molar-refractivity contribution < 1.29 is 0 Å². The van der Waals surface area contributed by atoms with Crippen molar-refractivity contribution in [2.24, 2.45) is 0 Å². The summed E-state index contributed by atoms with van der Waals surface area (Å²) in [5.41, 5.74) is 5.73. The van der Waals surface area contributed by atoms with Crippen LogP contribution in [0.5, 0.6) is 0 Å². The highest BCUT2D eigenvalue weighted by Gasteiger charge is 2.17. The van der Waals surface area contributed by atoms with E-state index in [9.17, 15) is 0 Å². The van der Waals surface area contributed by atoms with Gasteiger partial charge in [0, 0.05) is 27.2 Å². The third kappa shape index (κ3) is 2.02. The van der Waals surface area contributed by atoms with E-state index in [1.54, 1.807) is 0 Å². The molecule has 0 saturated carbocycles. The molecular weight excluding hydrogens is 352 g/mol. The molecule has 6 rings (SSSR count). The van der Waals surface area contributed by atoms with Crippen LogP contribution in [0.15, 0.2) is 84.9 Å². The Morgan fingerprint density at radius 1 is 0.630 bits per heavy atom. The molecule has 2 nitrogen and oxygen atoms in total. The maximum atomic E-state index is 6.36. The average Bonchev–Trinajstić information content (AvgIpc) is 3.21. The van der Waals surface area contributed by atoms with Crippen molar-refractivity contribution >= 4 is 61.1 Å². The van der Waals surface area contributed by atoms with E-state index in [1.807, 2.05) is 24.3 Å². The third-order valence-electron chi connectivity index (χ3n) is 5.36. The van der Waals surface area contributed by atoms with Gasteiger partial charge in [0.25, 0.3) is 0 Å². The lowest BCUT2D eigenvalue weighted by atomic mass is 10.1. The van der Waals surface area contributed by atoms with E-state index in [-0.39, 0.29) is 0 Å². The van der Waals surface area contributed by atoms with Gasteiger partial charge in [0.1, 0.15) is 0 Å². The van der Waals surface area contributed by atoms with Gasteiger partial charge in [-0.25, -0.2) is 0 Å². The molecule has 27 heavy (non-hydrogen) atoms. The predicted octanol–water partition coefficient (Wildman–Crippen LogP) is 7.23. The first kappa shape index (κ1) is 14.9. The molecule has 0 aliphatic carbocycles. The van der Waals surface area contributed by atoms with Crippen molar-refractivity contribution in [3.05, 3.63) is 90.0 Å². The van der Waals surface area contributed by atoms with Crippen LogP contribution in [-0.2, 0) is 0 Å². The summed E-state index contributed by atoms with van der Waals surface area (Å²) >= 11 is 6.36. The molecule has 128 valence electrons. The van der Waals surface area contributed by atoms with Crippen LogP contribution in [0.25, 0.3) is 38.1 Å². The largest absolute Gasteiger partial charge is 0.354 e. The molecular formula is C24H15ClN2. The highest BCUT2D eigenvalue weighted by atomic mass is 35.5. The maximum absolute atomic E-state index is 6.36. The summed E-state index contributed by atoms with van der Waals surface area (Å²) in [6, 6.07) is 29.5. The summed E-state index contributed by atoms with van der Waals surface area (Å²) in [4.78, 5) is 0. The summed E-state index contributed by atoms with van der Waals surface area (Å²) in [6.07, 6.45) is 0. The molecule has 3 heteroatoms. The van der Waals surface area contributed by atoms with E-state index in [4.69, 9.17) is 11.6 Å². The molecule has 0 atom stereocenters. The Bertz CT molecular complexity index is 1380. The molecule has 0 amide bonds. The number of halogens is 1. The fourth-order valence-corrected chi connectivity index (χ4v) is 4.42. The molecule has 4 aromatic carbocycles. The van der Waals surface area contributed by atoms with Crippen molar-refractivity contribution in [3.8, 4) is 0 Å². The number of fused-ring (bicyclic) bond motifs is 6. The molecule has 0 bridgehead atoms. The first-order valence-electron chi connectivity index (χ1n) is 9.00. The van der Waals surface area contributed by atoms with Gasteiger partial charge in [-0.15, -0.1) is 0 Å². The van der Waals surface area contributed by atoms with Crippen LogP contribution in [0.3, 0.4) is 0 Å². The molecule has 0 fully saturated rings. The number of nitrogens with zero attached hydrogens (tertiary/aromatic N) is 1. The smallest absolute Gasteiger partial charge is 0.0640 e. The zero-order chi connectivity index (χ0) is 18.0. The van der Waals surface area contributed by atoms with Gasteiger partial charge in [0.2, 0.25) is 0 Å². The predicted molar refractivity (Wildman–Crippen MR) is 116 cm³/mol. The van der Waals surface area contributed by atoms with E-state index in [0.29, 0.717) is 0 Å². The Morgan fingerprint density at radius 3 is 1.81 bits per heavy atom. The van der Waals surface area contributed by atoms with Crippen molar-refractivity contribution in [3.63, 3.8) is 0 Å². The summed E-state index contributed by atoms with van der Waals surface area (Å²) in [6.45, 7) is 0. The SMILES string of the molecule is Clc1ccccc1Nc1cc2c3ccccc3n3c4ccccc4c(c1)c23. The molecule has 0 aliphatic heterocycles. The van der Waals surface area contributed by atoms with Gasteiger partial charge in [0.05, 0.1) is 27.3 Å². The van der Waals surface area contributed by atoms with Crippen LogP contribution in [0, 0.1) is 0 Å². The number of para-hydroxylation sites is 3. The Kier molecular flexibility index (Phi) is 2.97. The van der Waals surface area contributed by atoms with Crippen LogP contribution in [0.2, 0.25) is 5.02 Å². The normalized spacial score (nSPS) is 11.9. The van der Waals surface area contributed by atoms with Crippen LogP contribution in [-0.4, -0.2) is 4.40 Å². The standard InChI is InChI=1S/C24H15ClN2/c25-20-9-3-4-10-21(20)26-15-13-18-16-7-1-5-11-22(16)27-23-12-6-2-8-17(23)19(14-15)24(18)27/h1-14,26H. The number of aromatic nitrogens is 1. The van der Waals surface area contributed by atoms with Gasteiger partial charge in [-0.05, 0) is 36.4 Å². The Labute approximate surface area is 160 Å². The molecule has 2 heterocycles. The van der Waals surface area contributed by atoms with Gasteiger partial charge in [-0.3, -0.25) is 0 Å². The van der Waals surface area contributed by atoms with E-state index >= 15 is 0 Å². The number of anilines is 2. The van der Waals surface area contributed by atoms with E-state index < -0.39 is 0 Å². The molecule has 2 aromatic heterocycles. The molecule has 0 radical (unpaired) electrons. The second-order valence-electron chi connectivity index (χ2n) is 6.89. The average molecular weight is 367 g/mol. The van der Waals surface area contributed by atoms with Crippen LogP contribution >= 0.6 is 11.6 Å². The number of rotatable bonds is 2. The minimum Gasteiger partial charge on any atom is -0.354 e. The lowest BCUT2D eigenvalue weighted by molar-refractivity contribution is 1.37. The zero-order valence-electron chi connectivity index (χ0n) is 14.4. The van der Waals surface area contributed by atoms with E-state index in [2.05, 4.69) is 70.4 Å². The van der Waals surface area contributed by atoms with Crippen molar-refractivity contribution in [1.82, 2.24) is 4.40 Å². The molecule has 0 saturated heterocycles. The second-order valence-corrected chi connectivity index (χ2v) is 7.30. The maximum Gasteiger partial charge on any atom is 0.0640 e. The molecule has 0 aliphatic rings. The molecule has 6 aromatic rings. The third-order valence-corrected chi connectivity index (χ3v) is 5.69. The van der Waals surface area contributed by atoms with Gasteiger partial charge in [0.15, 0.2) is 0 Å². The summed E-state index contributed by atoms with van der Waals surface area (Å²) in [5, 5.41) is 9.28. The van der Waals surface area contributed by atoms with Gasteiger partial charge in [-0.2, -0.15) is 0 Å². The Morgan fingerprint density at radius 2 is 1.19 bits per heavy atom. The molecule has 1 N–H and O–H groups in total. The van der Waals surface area contributed by atoms with Gasteiger partial charge < -0.3 is 9.72 Å². The lowest BCUT2D eigenvalue weighted by Gasteiger charge is -2.09. The number of hydrogen-bond donors (Lipinski definition) is 1. The fraction of sp³-hybridized carbons (Fsp3) is 0. The second kappa shape index (κ2) is 5.38. The van der Waals surface area contributed by atoms with Crippen molar-refractivity contribution in [2.45, 2.75) is 0 Å².